The highest BCUT2D eigenvalue weighted by Gasteiger charge is 2.15. The summed E-state index contributed by atoms with van der Waals surface area (Å²) in [7, 11) is -3.77. The van der Waals surface area contributed by atoms with E-state index in [1.54, 1.807) is 36.5 Å². The Balaban J connectivity index is 1.74. The number of hydrogen-bond donors (Lipinski definition) is 1. The molecule has 0 atom stereocenters. The van der Waals surface area contributed by atoms with Crippen LogP contribution < -0.4 is 4.72 Å². The van der Waals surface area contributed by atoms with Gasteiger partial charge in [-0.1, -0.05) is 12.1 Å². The molecule has 0 aliphatic carbocycles. The van der Waals surface area contributed by atoms with Crippen molar-refractivity contribution < 1.29 is 12.8 Å². The molecule has 1 N–H and O–H groups in total. The number of hydrogen-bond acceptors (Lipinski definition) is 5. The first-order valence-electron chi connectivity index (χ1n) is 7.22. The van der Waals surface area contributed by atoms with Gasteiger partial charge in [-0.2, -0.15) is 0 Å². The molecule has 0 unspecified atom stereocenters. The van der Waals surface area contributed by atoms with Crippen molar-refractivity contribution in [3.8, 4) is 0 Å². The molecule has 2 aromatic carbocycles. The van der Waals surface area contributed by atoms with Gasteiger partial charge in [0.05, 0.1) is 10.6 Å². The smallest absolute Gasteiger partial charge is 0.256 e. The molecule has 1 heterocycles. The summed E-state index contributed by atoms with van der Waals surface area (Å²) >= 11 is 0. The number of benzene rings is 2. The summed E-state index contributed by atoms with van der Waals surface area (Å²) in [6, 6.07) is 13.5. The van der Waals surface area contributed by atoms with E-state index in [9.17, 15) is 12.8 Å². The van der Waals surface area contributed by atoms with Gasteiger partial charge in [0.1, 0.15) is 5.82 Å². The maximum atomic E-state index is 12.8. The van der Waals surface area contributed by atoms with Crippen LogP contribution in [0.25, 0.3) is 0 Å². The molecule has 3 aromatic rings. The van der Waals surface area contributed by atoms with Crippen molar-refractivity contribution in [2.24, 2.45) is 4.99 Å². The predicted octanol–water partition coefficient (Wildman–Crippen LogP) is 3.17. The van der Waals surface area contributed by atoms with Crippen molar-refractivity contribution in [3.05, 3.63) is 78.4 Å². The van der Waals surface area contributed by atoms with Crippen LogP contribution in [0.15, 0.2) is 76.9 Å². The van der Waals surface area contributed by atoms with Gasteiger partial charge in [-0.05, 0) is 48.0 Å². The van der Waals surface area contributed by atoms with Crippen molar-refractivity contribution in [2.75, 3.05) is 4.72 Å². The molecule has 0 saturated carbocycles. The Morgan fingerprint density at radius 2 is 1.60 bits per heavy atom. The molecule has 0 aliphatic rings. The Hall–Kier alpha value is -3.13. The van der Waals surface area contributed by atoms with Crippen LogP contribution in [0.2, 0.25) is 0 Å². The van der Waals surface area contributed by atoms with E-state index in [0.29, 0.717) is 5.69 Å². The molecule has 0 radical (unpaired) electrons. The maximum Gasteiger partial charge on any atom is 0.264 e. The molecule has 0 aliphatic heterocycles. The number of nitrogens with zero attached hydrogens (tertiary/aromatic N) is 3. The zero-order chi connectivity index (χ0) is 17.7. The minimum atomic E-state index is -3.77. The number of aromatic nitrogens is 2. The fraction of sp³-hybridized carbons (Fsp3) is 0. The minimum Gasteiger partial charge on any atom is -0.256 e. The average Bonchev–Trinajstić information content (AvgIpc) is 2.62. The van der Waals surface area contributed by atoms with Crippen molar-refractivity contribution in [1.82, 2.24) is 9.97 Å². The summed E-state index contributed by atoms with van der Waals surface area (Å²) in [4.78, 5) is 11.9. The summed E-state index contributed by atoms with van der Waals surface area (Å²) < 4.78 is 39.7. The molecule has 126 valence electrons. The molecule has 8 heteroatoms. The van der Waals surface area contributed by atoms with Crippen molar-refractivity contribution in [1.29, 1.82) is 0 Å². The van der Waals surface area contributed by atoms with Gasteiger partial charge in [0.15, 0.2) is 0 Å². The first kappa shape index (κ1) is 16.7. The molecular weight excluding hydrogens is 343 g/mol. The van der Waals surface area contributed by atoms with Gasteiger partial charge in [0.25, 0.3) is 10.0 Å². The second kappa shape index (κ2) is 7.18. The van der Waals surface area contributed by atoms with E-state index in [0.717, 1.165) is 5.56 Å². The number of rotatable bonds is 5. The van der Waals surface area contributed by atoms with Gasteiger partial charge in [0.2, 0.25) is 5.95 Å². The van der Waals surface area contributed by atoms with Crippen LogP contribution in [0, 0.1) is 5.82 Å². The monoisotopic (exact) mass is 356 g/mol. The predicted molar refractivity (Wildman–Crippen MR) is 92.9 cm³/mol. The third-order valence-electron chi connectivity index (χ3n) is 3.17. The van der Waals surface area contributed by atoms with Crippen LogP contribution in [0.3, 0.4) is 0 Å². The summed E-state index contributed by atoms with van der Waals surface area (Å²) in [6.07, 6.45) is 4.45. The molecule has 6 nitrogen and oxygen atoms in total. The maximum absolute atomic E-state index is 12.8. The fourth-order valence-corrected chi connectivity index (χ4v) is 2.90. The number of anilines is 1. The molecule has 0 bridgehead atoms. The average molecular weight is 356 g/mol. The van der Waals surface area contributed by atoms with Crippen LogP contribution in [0.5, 0.6) is 0 Å². The van der Waals surface area contributed by atoms with Gasteiger partial charge in [-0.3, -0.25) is 4.99 Å². The topological polar surface area (TPSA) is 84.3 Å². The summed E-state index contributed by atoms with van der Waals surface area (Å²) in [5, 5.41) is 0. The third kappa shape index (κ3) is 4.45. The van der Waals surface area contributed by atoms with Crippen LogP contribution in [0.4, 0.5) is 16.0 Å². The third-order valence-corrected chi connectivity index (χ3v) is 4.52. The Labute approximate surface area is 144 Å². The Morgan fingerprint density at radius 1 is 0.960 bits per heavy atom. The van der Waals surface area contributed by atoms with E-state index >= 15 is 0 Å². The van der Waals surface area contributed by atoms with Gasteiger partial charge in [-0.25, -0.2) is 27.5 Å². The Bertz CT molecular complexity index is 973. The highest BCUT2D eigenvalue weighted by molar-refractivity contribution is 7.92. The van der Waals surface area contributed by atoms with Gasteiger partial charge in [-0.15, -0.1) is 0 Å². The lowest BCUT2D eigenvalue weighted by atomic mass is 10.2. The highest BCUT2D eigenvalue weighted by Crippen LogP contribution is 2.18. The van der Waals surface area contributed by atoms with E-state index in [1.165, 1.54) is 36.7 Å². The molecule has 1 aromatic heterocycles. The van der Waals surface area contributed by atoms with Crippen molar-refractivity contribution >= 4 is 27.9 Å². The molecule has 0 amide bonds. The molecule has 0 saturated heterocycles. The summed E-state index contributed by atoms with van der Waals surface area (Å²) in [5.41, 5.74) is 1.31. The van der Waals surface area contributed by atoms with Crippen LogP contribution in [-0.2, 0) is 10.0 Å². The highest BCUT2D eigenvalue weighted by atomic mass is 32.2. The molecule has 25 heavy (non-hydrogen) atoms. The zero-order valence-electron chi connectivity index (χ0n) is 12.9. The molecule has 3 rings (SSSR count). The standard InChI is InChI=1S/C17H13FN4O2S/c18-14-4-2-13(3-5-14)12-21-15-6-8-16(9-7-15)25(23,24)22-17-19-10-1-11-20-17/h1-12H,(H,19,20,22). The fourth-order valence-electron chi connectivity index (χ4n) is 1.94. The summed E-state index contributed by atoms with van der Waals surface area (Å²) in [6.45, 7) is 0. The minimum absolute atomic E-state index is 0.000840. The quantitative estimate of drug-likeness (QED) is 0.712. The van der Waals surface area contributed by atoms with E-state index in [4.69, 9.17) is 0 Å². The summed E-state index contributed by atoms with van der Waals surface area (Å²) in [5.74, 6) is -0.317. The lowest BCUT2D eigenvalue weighted by Crippen LogP contribution is -2.14. The second-order valence-electron chi connectivity index (χ2n) is 4.98. The van der Waals surface area contributed by atoms with Gasteiger partial charge < -0.3 is 0 Å². The zero-order valence-corrected chi connectivity index (χ0v) is 13.7. The number of sulfonamides is 1. The van der Waals surface area contributed by atoms with E-state index in [1.807, 2.05) is 0 Å². The lowest BCUT2D eigenvalue weighted by molar-refractivity contribution is 0.601. The molecule has 0 fully saturated rings. The van der Waals surface area contributed by atoms with E-state index in [-0.39, 0.29) is 16.7 Å². The molecule has 0 spiro atoms. The van der Waals surface area contributed by atoms with Crippen LogP contribution in [0.1, 0.15) is 5.56 Å². The first-order chi connectivity index (χ1) is 12.0. The normalized spacial score (nSPS) is 11.6. The number of halogens is 1. The Kier molecular flexibility index (Phi) is 4.80. The second-order valence-corrected chi connectivity index (χ2v) is 6.66. The lowest BCUT2D eigenvalue weighted by Gasteiger charge is -2.06. The Morgan fingerprint density at radius 3 is 2.24 bits per heavy atom. The largest absolute Gasteiger partial charge is 0.264 e. The first-order valence-corrected chi connectivity index (χ1v) is 8.71. The number of nitrogens with one attached hydrogen (secondary N) is 1. The van der Waals surface area contributed by atoms with Crippen LogP contribution in [-0.4, -0.2) is 24.6 Å². The van der Waals surface area contributed by atoms with Crippen molar-refractivity contribution in [2.45, 2.75) is 4.90 Å². The van der Waals surface area contributed by atoms with Crippen LogP contribution >= 0.6 is 0 Å². The van der Waals surface area contributed by atoms with E-state index in [2.05, 4.69) is 19.7 Å². The molecular formula is C17H13FN4O2S. The SMILES string of the molecule is O=S(=O)(Nc1ncccn1)c1ccc(N=Cc2ccc(F)cc2)cc1. The van der Waals surface area contributed by atoms with Crippen molar-refractivity contribution in [3.63, 3.8) is 0 Å². The van der Waals surface area contributed by atoms with Gasteiger partial charge >= 0.3 is 0 Å². The van der Waals surface area contributed by atoms with E-state index < -0.39 is 10.0 Å². The van der Waals surface area contributed by atoms with Gasteiger partial charge in [0, 0.05) is 18.6 Å². The number of aliphatic imine (C=N–C) groups is 1.